The Labute approximate surface area is 104 Å². The minimum absolute atomic E-state index is 0.0273. The first-order valence-corrected chi connectivity index (χ1v) is 5.81. The van der Waals surface area contributed by atoms with Gasteiger partial charge in [0.15, 0.2) is 0 Å². The molecule has 2 atom stereocenters. The highest BCUT2D eigenvalue weighted by molar-refractivity contribution is 5.36. The maximum atomic E-state index is 12.8. The lowest BCUT2D eigenvalue weighted by Crippen LogP contribution is -2.60. The number of rotatable bonds is 2. The van der Waals surface area contributed by atoms with Crippen LogP contribution in [0.1, 0.15) is 25.8 Å². The first kappa shape index (κ1) is 13.2. The Morgan fingerprint density at radius 2 is 1.89 bits per heavy atom. The van der Waals surface area contributed by atoms with Crippen LogP contribution in [0.15, 0.2) is 24.3 Å². The molecule has 1 aromatic carbocycles. The highest BCUT2D eigenvalue weighted by atomic mass is 19.4. The monoisotopic (exact) mass is 259 g/mol. The van der Waals surface area contributed by atoms with E-state index in [-0.39, 0.29) is 23.3 Å². The van der Waals surface area contributed by atoms with Crippen LogP contribution in [-0.4, -0.2) is 12.1 Å². The smallest absolute Gasteiger partial charge is 0.419 e. The van der Waals surface area contributed by atoms with Gasteiger partial charge in [0, 0.05) is 17.9 Å². The van der Waals surface area contributed by atoms with Crippen LogP contribution in [0, 0.1) is 5.41 Å². The number of hydrogen-bond donors (Lipinski definition) is 1. The molecule has 0 saturated heterocycles. The fraction of sp³-hybridized carbons (Fsp3) is 0.538. The van der Waals surface area contributed by atoms with E-state index >= 15 is 0 Å². The van der Waals surface area contributed by atoms with Crippen LogP contribution in [0.5, 0.6) is 5.75 Å². The van der Waals surface area contributed by atoms with Crippen molar-refractivity contribution in [3.05, 3.63) is 29.8 Å². The van der Waals surface area contributed by atoms with Gasteiger partial charge < -0.3 is 10.5 Å². The Bertz CT molecular complexity index is 442. The lowest BCUT2D eigenvalue weighted by molar-refractivity contribution is -0.141. The molecular weight excluding hydrogens is 243 g/mol. The SMILES string of the molecule is CC1(C)C(N)CC1Oc1ccccc1C(F)(F)F. The van der Waals surface area contributed by atoms with Crippen LogP contribution in [0.4, 0.5) is 13.2 Å². The van der Waals surface area contributed by atoms with E-state index in [9.17, 15) is 13.2 Å². The van der Waals surface area contributed by atoms with E-state index in [1.807, 2.05) is 13.8 Å². The third-order valence-electron chi connectivity index (χ3n) is 3.72. The normalized spacial score (nSPS) is 26.6. The molecule has 0 heterocycles. The number of alkyl halides is 3. The molecule has 1 saturated carbocycles. The van der Waals surface area contributed by atoms with Crippen molar-refractivity contribution in [1.29, 1.82) is 0 Å². The molecule has 0 aromatic heterocycles. The Morgan fingerprint density at radius 3 is 2.39 bits per heavy atom. The first-order chi connectivity index (χ1) is 8.23. The van der Waals surface area contributed by atoms with E-state index in [0.29, 0.717) is 6.42 Å². The van der Waals surface area contributed by atoms with Crippen LogP contribution < -0.4 is 10.5 Å². The largest absolute Gasteiger partial charge is 0.489 e. The van der Waals surface area contributed by atoms with Crippen molar-refractivity contribution in [2.75, 3.05) is 0 Å². The van der Waals surface area contributed by atoms with Crippen molar-refractivity contribution in [2.45, 2.75) is 38.6 Å². The molecule has 1 fully saturated rings. The van der Waals surface area contributed by atoms with Gasteiger partial charge in [0.2, 0.25) is 0 Å². The number of para-hydroxylation sites is 1. The second-order valence-electron chi connectivity index (χ2n) is 5.26. The molecule has 1 aromatic rings. The minimum atomic E-state index is -4.40. The van der Waals surface area contributed by atoms with Gasteiger partial charge in [-0.25, -0.2) is 0 Å². The van der Waals surface area contributed by atoms with E-state index in [0.717, 1.165) is 6.07 Å². The highest BCUT2D eigenvalue weighted by Crippen LogP contribution is 2.44. The highest BCUT2D eigenvalue weighted by Gasteiger charge is 2.48. The summed E-state index contributed by atoms with van der Waals surface area (Å²) in [7, 11) is 0. The average Bonchev–Trinajstić information content (AvgIpc) is 2.28. The summed E-state index contributed by atoms with van der Waals surface area (Å²) in [6.45, 7) is 3.81. The van der Waals surface area contributed by atoms with Crippen molar-refractivity contribution in [3.63, 3.8) is 0 Å². The molecule has 2 nitrogen and oxygen atoms in total. The van der Waals surface area contributed by atoms with E-state index in [1.54, 1.807) is 0 Å². The molecule has 0 bridgehead atoms. The lowest BCUT2D eigenvalue weighted by Gasteiger charge is -2.49. The zero-order valence-corrected chi connectivity index (χ0v) is 10.3. The van der Waals surface area contributed by atoms with Gasteiger partial charge >= 0.3 is 6.18 Å². The predicted molar refractivity (Wildman–Crippen MR) is 62.2 cm³/mol. The van der Waals surface area contributed by atoms with Gasteiger partial charge in [0.25, 0.3) is 0 Å². The van der Waals surface area contributed by atoms with Crippen molar-refractivity contribution < 1.29 is 17.9 Å². The van der Waals surface area contributed by atoms with Gasteiger partial charge in [-0.05, 0) is 12.1 Å². The van der Waals surface area contributed by atoms with Gasteiger partial charge in [0.1, 0.15) is 11.9 Å². The summed E-state index contributed by atoms with van der Waals surface area (Å²) in [6, 6.07) is 5.24. The van der Waals surface area contributed by atoms with Crippen molar-refractivity contribution in [3.8, 4) is 5.75 Å². The average molecular weight is 259 g/mol. The predicted octanol–water partition coefficient (Wildman–Crippen LogP) is 3.21. The zero-order valence-electron chi connectivity index (χ0n) is 10.3. The van der Waals surface area contributed by atoms with Gasteiger partial charge in [0.05, 0.1) is 5.56 Å². The number of ether oxygens (including phenoxy) is 1. The van der Waals surface area contributed by atoms with E-state index < -0.39 is 11.7 Å². The van der Waals surface area contributed by atoms with Crippen LogP contribution >= 0.6 is 0 Å². The standard InChI is InChI=1S/C13H16F3NO/c1-12(2)10(17)7-11(12)18-9-6-4-3-5-8(9)13(14,15)16/h3-6,10-11H,7,17H2,1-2H3. The molecule has 1 aliphatic rings. The van der Waals surface area contributed by atoms with Crippen LogP contribution in [-0.2, 0) is 6.18 Å². The third kappa shape index (κ3) is 2.19. The molecule has 0 spiro atoms. The molecular formula is C13H16F3NO. The molecule has 0 radical (unpaired) electrons. The molecule has 2 N–H and O–H groups in total. The number of nitrogens with two attached hydrogens (primary N) is 1. The van der Waals surface area contributed by atoms with E-state index in [2.05, 4.69) is 0 Å². The third-order valence-corrected chi connectivity index (χ3v) is 3.72. The molecule has 5 heteroatoms. The second kappa shape index (κ2) is 4.16. The van der Waals surface area contributed by atoms with Crippen LogP contribution in [0.25, 0.3) is 0 Å². The fourth-order valence-electron chi connectivity index (χ4n) is 2.07. The molecule has 100 valence electrons. The maximum Gasteiger partial charge on any atom is 0.419 e. The number of benzene rings is 1. The Balaban J connectivity index is 2.21. The van der Waals surface area contributed by atoms with Crippen LogP contribution in [0.3, 0.4) is 0 Å². The quantitative estimate of drug-likeness (QED) is 0.885. The summed E-state index contributed by atoms with van der Waals surface area (Å²) in [5, 5.41) is 0. The maximum absolute atomic E-state index is 12.8. The Kier molecular flexibility index (Phi) is 3.05. The van der Waals surface area contributed by atoms with Gasteiger partial charge in [-0.3, -0.25) is 0 Å². The fourth-order valence-corrected chi connectivity index (χ4v) is 2.07. The summed E-state index contributed by atoms with van der Waals surface area (Å²) in [5.74, 6) is -0.116. The zero-order chi connectivity index (χ0) is 13.6. The second-order valence-corrected chi connectivity index (χ2v) is 5.26. The molecule has 0 amide bonds. The molecule has 0 aliphatic heterocycles. The topological polar surface area (TPSA) is 35.2 Å². The van der Waals surface area contributed by atoms with Crippen LogP contribution in [0.2, 0.25) is 0 Å². The minimum Gasteiger partial charge on any atom is -0.489 e. The summed E-state index contributed by atoms with van der Waals surface area (Å²) in [5.41, 5.74) is 4.79. The van der Waals surface area contributed by atoms with E-state index in [4.69, 9.17) is 10.5 Å². The molecule has 1 aliphatic carbocycles. The number of hydrogen-bond acceptors (Lipinski definition) is 2. The lowest BCUT2D eigenvalue weighted by atomic mass is 9.65. The van der Waals surface area contributed by atoms with Gasteiger partial charge in [-0.2, -0.15) is 13.2 Å². The Hall–Kier alpha value is -1.23. The van der Waals surface area contributed by atoms with Crippen molar-refractivity contribution in [1.82, 2.24) is 0 Å². The van der Waals surface area contributed by atoms with Crippen molar-refractivity contribution >= 4 is 0 Å². The van der Waals surface area contributed by atoms with Gasteiger partial charge in [-0.15, -0.1) is 0 Å². The van der Waals surface area contributed by atoms with Crippen molar-refractivity contribution in [2.24, 2.45) is 11.1 Å². The molecule has 18 heavy (non-hydrogen) atoms. The molecule has 2 rings (SSSR count). The summed E-state index contributed by atoms with van der Waals surface area (Å²) >= 11 is 0. The molecule has 2 unspecified atom stereocenters. The summed E-state index contributed by atoms with van der Waals surface area (Å²) < 4.78 is 43.8. The summed E-state index contributed by atoms with van der Waals surface area (Å²) in [4.78, 5) is 0. The first-order valence-electron chi connectivity index (χ1n) is 5.81. The summed E-state index contributed by atoms with van der Waals surface area (Å²) in [6.07, 6.45) is -4.08. The number of halogens is 3. The Morgan fingerprint density at radius 1 is 1.28 bits per heavy atom. The van der Waals surface area contributed by atoms with Gasteiger partial charge in [-0.1, -0.05) is 26.0 Å². The van der Waals surface area contributed by atoms with E-state index in [1.165, 1.54) is 18.2 Å².